The Labute approximate surface area is 157 Å². The van der Waals surface area contributed by atoms with Crippen LogP contribution < -0.4 is 4.90 Å². The van der Waals surface area contributed by atoms with E-state index in [-0.39, 0.29) is 24.7 Å². The van der Waals surface area contributed by atoms with E-state index in [0.29, 0.717) is 18.7 Å². The Morgan fingerprint density at radius 1 is 1.11 bits per heavy atom. The van der Waals surface area contributed by atoms with Crippen LogP contribution in [0.3, 0.4) is 0 Å². The zero-order chi connectivity index (χ0) is 19.4. The Bertz CT molecular complexity index is 836. The number of hydrogen-bond donors (Lipinski definition) is 0. The van der Waals surface area contributed by atoms with Crippen LogP contribution in [-0.2, 0) is 20.8 Å². The molecule has 1 aliphatic heterocycles. The van der Waals surface area contributed by atoms with Gasteiger partial charge in [0.25, 0.3) is 5.91 Å². The van der Waals surface area contributed by atoms with Gasteiger partial charge in [0.05, 0.1) is 12.1 Å². The minimum atomic E-state index is -0.821. The van der Waals surface area contributed by atoms with Crippen LogP contribution in [-0.4, -0.2) is 35.2 Å². The quantitative estimate of drug-likeness (QED) is 0.737. The Balaban J connectivity index is 1.80. The van der Waals surface area contributed by atoms with Crippen LogP contribution in [0.2, 0.25) is 0 Å². The van der Waals surface area contributed by atoms with Crippen LogP contribution in [0.1, 0.15) is 25.3 Å². The average molecular weight is 368 g/mol. The number of halogens is 1. The predicted octanol–water partition coefficient (Wildman–Crippen LogP) is 2.94. The topological polar surface area (TPSA) is 57.7 Å². The summed E-state index contributed by atoms with van der Waals surface area (Å²) in [5.74, 6) is -1.44. The normalized spacial score (nSPS) is 16.7. The van der Waals surface area contributed by atoms with E-state index in [0.717, 1.165) is 10.5 Å². The van der Waals surface area contributed by atoms with Gasteiger partial charge < -0.3 is 4.90 Å². The van der Waals surface area contributed by atoms with Crippen LogP contribution in [0.5, 0.6) is 0 Å². The summed E-state index contributed by atoms with van der Waals surface area (Å²) in [5, 5.41) is 0. The minimum absolute atomic E-state index is 0.0588. The summed E-state index contributed by atoms with van der Waals surface area (Å²) in [6.45, 7) is 2.09. The molecule has 1 atom stereocenters. The van der Waals surface area contributed by atoms with E-state index in [1.54, 1.807) is 6.92 Å². The van der Waals surface area contributed by atoms with Crippen LogP contribution in [0.4, 0.5) is 10.1 Å². The van der Waals surface area contributed by atoms with Crippen molar-refractivity contribution in [1.29, 1.82) is 0 Å². The fourth-order valence-corrected chi connectivity index (χ4v) is 3.27. The highest BCUT2D eigenvalue weighted by molar-refractivity contribution is 6.23. The first-order chi connectivity index (χ1) is 13.0. The maximum atomic E-state index is 13.1. The molecule has 1 aliphatic rings. The fourth-order valence-electron chi connectivity index (χ4n) is 3.27. The molecular formula is C21H21FN2O3. The van der Waals surface area contributed by atoms with Crippen molar-refractivity contribution in [3.05, 3.63) is 66.0 Å². The number of carbonyl (C=O) groups excluding carboxylic acids is 3. The second kappa shape index (κ2) is 8.12. The lowest BCUT2D eigenvalue weighted by atomic mass is 10.1. The minimum Gasteiger partial charge on any atom is -0.330 e. The van der Waals surface area contributed by atoms with Crippen LogP contribution in [0, 0.1) is 5.82 Å². The maximum Gasteiger partial charge on any atom is 0.257 e. The molecule has 5 nitrogen and oxygen atoms in total. The van der Waals surface area contributed by atoms with E-state index < -0.39 is 17.8 Å². The molecule has 140 valence electrons. The molecule has 1 saturated heterocycles. The van der Waals surface area contributed by atoms with Crippen molar-refractivity contribution in [2.24, 2.45) is 0 Å². The van der Waals surface area contributed by atoms with Gasteiger partial charge in [-0.05, 0) is 36.2 Å². The van der Waals surface area contributed by atoms with Crippen molar-refractivity contribution in [1.82, 2.24) is 4.90 Å². The Kier molecular flexibility index (Phi) is 5.64. The highest BCUT2D eigenvalue weighted by Crippen LogP contribution is 2.26. The summed E-state index contributed by atoms with van der Waals surface area (Å²) in [4.78, 5) is 40.3. The molecule has 0 aliphatic carbocycles. The molecule has 0 N–H and O–H groups in total. The van der Waals surface area contributed by atoms with Crippen molar-refractivity contribution in [3.8, 4) is 0 Å². The van der Waals surface area contributed by atoms with Gasteiger partial charge in [0.15, 0.2) is 0 Å². The van der Waals surface area contributed by atoms with Crippen molar-refractivity contribution in [3.63, 3.8) is 0 Å². The molecule has 2 aromatic rings. The zero-order valence-electron chi connectivity index (χ0n) is 15.1. The second-order valence-electron chi connectivity index (χ2n) is 6.44. The lowest BCUT2D eigenvalue weighted by Gasteiger charge is -2.27. The first-order valence-electron chi connectivity index (χ1n) is 8.97. The number of benzene rings is 2. The second-order valence-corrected chi connectivity index (χ2v) is 6.44. The molecule has 0 bridgehead atoms. The van der Waals surface area contributed by atoms with E-state index in [1.165, 1.54) is 29.2 Å². The molecule has 2 aromatic carbocycles. The molecule has 0 aromatic heterocycles. The molecule has 3 amide bonds. The van der Waals surface area contributed by atoms with Gasteiger partial charge in [-0.3, -0.25) is 14.4 Å². The summed E-state index contributed by atoms with van der Waals surface area (Å²) < 4.78 is 13.1. The van der Waals surface area contributed by atoms with Gasteiger partial charge in [-0.15, -0.1) is 0 Å². The fraction of sp³-hybridized carbons (Fsp3) is 0.286. The Morgan fingerprint density at radius 3 is 2.41 bits per heavy atom. The largest absolute Gasteiger partial charge is 0.330 e. The summed E-state index contributed by atoms with van der Waals surface area (Å²) in [7, 11) is 0. The van der Waals surface area contributed by atoms with Gasteiger partial charge in [0.1, 0.15) is 11.9 Å². The third kappa shape index (κ3) is 4.05. The number of nitrogens with zero attached hydrogens (tertiary/aromatic N) is 2. The molecule has 1 heterocycles. The molecule has 1 fully saturated rings. The van der Waals surface area contributed by atoms with Crippen LogP contribution in [0.15, 0.2) is 54.6 Å². The number of imide groups is 1. The van der Waals surface area contributed by atoms with Gasteiger partial charge >= 0.3 is 0 Å². The number of carbonyl (C=O) groups is 3. The highest BCUT2D eigenvalue weighted by atomic mass is 19.1. The maximum absolute atomic E-state index is 13.1. The number of amides is 3. The number of anilines is 1. The smallest absolute Gasteiger partial charge is 0.257 e. The van der Waals surface area contributed by atoms with Crippen molar-refractivity contribution >= 4 is 23.4 Å². The monoisotopic (exact) mass is 368 g/mol. The summed E-state index contributed by atoms with van der Waals surface area (Å²) in [6, 6.07) is 14.0. The standard InChI is InChI=1S/C21H21FN2O3/c1-2-19(25)23(13-12-15-6-4-3-5-7-15)18-14-20(26)24(21(18)27)17-10-8-16(22)9-11-17/h3-11,18H,2,12-14H2,1H3/t18-/m0/s1. The lowest BCUT2D eigenvalue weighted by molar-refractivity contribution is -0.138. The predicted molar refractivity (Wildman–Crippen MR) is 99.4 cm³/mol. The average Bonchev–Trinajstić information content (AvgIpc) is 2.97. The molecule has 0 unspecified atom stereocenters. The van der Waals surface area contributed by atoms with Crippen molar-refractivity contribution in [2.45, 2.75) is 32.2 Å². The van der Waals surface area contributed by atoms with E-state index in [2.05, 4.69) is 0 Å². The van der Waals surface area contributed by atoms with Gasteiger partial charge in [0.2, 0.25) is 11.8 Å². The first kappa shape index (κ1) is 18.8. The summed E-state index contributed by atoms with van der Waals surface area (Å²) in [6.07, 6.45) is 0.793. The molecule has 0 saturated carbocycles. The van der Waals surface area contributed by atoms with Crippen LogP contribution >= 0.6 is 0 Å². The van der Waals surface area contributed by atoms with E-state index in [1.807, 2.05) is 30.3 Å². The molecule has 0 spiro atoms. The molecule has 27 heavy (non-hydrogen) atoms. The summed E-state index contributed by atoms with van der Waals surface area (Å²) in [5.41, 5.74) is 1.37. The Morgan fingerprint density at radius 2 is 1.78 bits per heavy atom. The number of rotatable bonds is 6. The highest BCUT2D eigenvalue weighted by Gasteiger charge is 2.43. The zero-order valence-corrected chi connectivity index (χ0v) is 15.1. The van der Waals surface area contributed by atoms with Crippen molar-refractivity contribution < 1.29 is 18.8 Å². The lowest BCUT2D eigenvalue weighted by Crippen LogP contribution is -2.46. The van der Waals surface area contributed by atoms with Crippen LogP contribution in [0.25, 0.3) is 0 Å². The summed E-state index contributed by atoms with van der Waals surface area (Å²) >= 11 is 0. The number of hydrogen-bond acceptors (Lipinski definition) is 3. The third-order valence-corrected chi connectivity index (χ3v) is 4.69. The van der Waals surface area contributed by atoms with Gasteiger partial charge in [0, 0.05) is 13.0 Å². The third-order valence-electron chi connectivity index (χ3n) is 4.69. The van der Waals surface area contributed by atoms with Gasteiger partial charge in [-0.2, -0.15) is 0 Å². The van der Waals surface area contributed by atoms with Gasteiger partial charge in [-0.25, -0.2) is 9.29 Å². The molecule has 6 heteroatoms. The van der Waals surface area contributed by atoms with E-state index >= 15 is 0 Å². The van der Waals surface area contributed by atoms with Crippen molar-refractivity contribution in [2.75, 3.05) is 11.4 Å². The van der Waals surface area contributed by atoms with E-state index in [4.69, 9.17) is 0 Å². The molecule has 0 radical (unpaired) electrons. The molecular weight excluding hydrogens is 347 g/mol. The van der Waals surface area contributed by atoms with E-state index in [9.17, 15) is 18.8 Å². The Hall–Kier alpha value is -3.02. The first-order valence-corrected chi connectivity index (χ1v) is 8.97. The SMILES string of the molecule is CCC(=O)N(CCc1ccccc1)[C@H]1CC(=O)N(c2ccc(F)cc2)C1=O. The molecule has 3 rings (SSSR count). The van der Waals surface area contributed by atoms with Gasteiger partial charge in [-0.1, -0.05) is 37.3 Å².